The smallest absolute Gasteiger partial charge is 0.337 e. The van der Waals surface area contributed by atoms with Crippen LogP contribution in [-0.2, 0) is 4.79 Å². The highest BCUT2D eigenvalue weighted by molar-refractivity contribution is 5.74. The number of rotatable bonds is 7. The first-order valence-electron chi connectivity index (χ1n) is 5.15. The van der Waals surface area contributed by atoms with Crippen LogP contribution in [0.15, 0.2) is 12.2 Å². The van der Waals surface area contributed by atoms with Crippen LogP contribution in [-0.4, -0.2) is 40.2 Å². The monoisotopic (exact) mass is 273 g/mol. The van der Waals surface area contributed by atoms with Crippen molar-refractivity contribution in [3.05, 3.63) is 12.2 Å². The van der Waals surface area contributed by atoms with Gasteiger partial charge in [-0.05, 0) is 6.42 Å². The minimum Gasteiger partial charge on any atom is -0.480 e. The van der Waals surface area contributed by atoms with Gasteiger partial charge in [0.25, 0.3) is 0 Å². The third-order valence-electron chi connectivity index (χ3n) is 2.26. The molecular weight excluding hydrogens is 258 g/mol. The molecule has 4 nitrogen and oxygen atoms in total. The Kier molecular flexibility index (Phi) is 5.75. The van der Waals surface area contributed by atoms with Crippen molar-refractivity contribution >= 4 is 5.97 Å². The quantitative estimate of drug-likeness (QED) is 0.483. The van der Waals surface area contributed by atoms with E-state index in [2.05, 4.69) is 0 Å². The molecule has 4 N–H and O–H groups in total. The lowest BCUT2D eigenvalue weighted by Gasteiger charge is -2.31. The van der Waals surface area contributed by atoms with Crippen molar-refractivity contribution in [3.8, 4) is 0 Å². The van der Waals surface area contributed by atoms with Crippen molar-refractivity contribution < 1.29 is 32.6 Å². The Hall–Kier alpha value is -1.15. The molecule has 0 fully saturated rings. The van der Waals surface area contributed by atoms with E-state index < -0.39 is 36.4 Å². The third kappa shape index (κ3) is 3.67. The molecule has 0 aromatic heterocycles. The van der Waals surface area contributed by atoms with Crippen molar-refractivity contribution in [1.82, 2.24) is 0 Å². The average molecular weight is 273 g/mol. The van der Waals surface area contributed by atoms with E-state index in [1.807, 2.05) is 0 Å². The number of aliphatic hydroxyl groups excluding tert-OH is 1. The Morgan fingerprint density at radius 1 is 1.33 bits per heavy atom. The first-order chi connectivity index (χ1) is 8.08. The van der Waals surface area contributed by atoms with Gasteiger partial charge in [-0.2, -0.15) is 17.6 Å². The summed E-state index contributed by atoms with van der Waals surface area (Å²) in [5, 5.41) is 17.3. The van der Waals surface area contributed by atoms with Crippen LogP contribution >= 0.6 is 0 Å². The Morgan fingerprint density at radius 2 is 1.83 bits per heavy atom. The maximum Gasteiger partial charge on any atom is 0.337 e. The van der Waals surface area contributed by atoms with Crippen LogP contribution in [0.1, 0.15) is 19.8 Å². The normalized spacial score (nSPS) is 16.8. The third-order valence-corrected chi connectivity index (χ3v) is 2.26. The van der Waals surface area contributed by atoms with Crippen LogP contribution in [0.5, 0.6) is 0 Å². The zero-order chi connectivity index (χ0) is 14.6. The van der Waals surface area contributed by atoms with E-state index in [-0.39, 0.29) is 0 Å². The van der Waals surface area contributed by atoms with Crippen molar-refractivity contribution in [1.29, 1.82) is 0 Å². The lowest BCUT2D eigenvalue weighted by Crippen LogP contribution is -2.58. The van der Waals surface area contributed by atoms with Crippen LogP contribution in [0.3, 0.4) is 0 Å². The first-order valence-corrected chi connectivity index (χ1v) is 5.15. The molecule has 0 radical (unpaired) electrons. The highest BCUT2D eigenvalue weighted by atomic mass is 19.3. The van der Waals surface area contributed by atoms with Gasteiger partial charge in [-0.1, -0.05) is 19.1 Å². The number of carboxylic acid groups (broad SMARTS) is 1. The second-order valence-electron chi connectivity index (χ2n) is 3.72. The van der Waals surface area contributed by atoms with E-state index in [4.69, 9.17) is 15.9 Å². The number of hydrogen-bond donors (Lipinski definition) is 3. The molecule has 18 heavy (non-hydrogen) atoms. The zero-order valence-electron chi connectivity index (χ0n) is 9.62. The molecule has 0 aliphatic rings. The summed E-state index contributed by atoms with van der Waals surface area (Å²) in [6.07, 6.45) is -1.99. The molecule has 2 atom stereocenters. The average Bonchev–Trinajstić information content (AvgIpc) is 2.26. The fraction of sp³-hybridized carbons (Fsp3) is 0.700. The predicted octanol–water partition coefficient (Wildman–Crippen LogP) is 1.39. The second kappa shape index (κ2) is 6.14. The Labute approximate surface area is 101 Å². The second-order valence-corrected chi connectivity index (χ2v) is 3.72. The van der Waals surface area contributed by atoms with Gasteiger partial charge in [0.2, 0.25) is 0 Å². The molecule has 0 saturated carbocycles. The molecule has 0 heterocycles. The predicted molar refractivity (Wildman–Crippen MR) is 55.6 cm³/mol. The van der Waals surface area contributed by atoms with Crippen LogP contribution in [0.2, 0.25) is 0 Å². The number of hydrogen-bond acceptors (Lipinski definition) is 3. The summed E-state index contributed by atoms with van der Waals surface area (Å²) in [5.74, 6) is -11.5. The van der Waals surface area contributed by atoms with Gasteiger partial charge < -0.3 is 15.9 Å². The van der Waals surface area contributed by atoms with Gasteiger partial charge in [-0.15, -0.1) is 0 Å². The lowest BCUT2D eigenvalue weighted by molar-refractivity contribution is -0.254. The SMILES string of the molecule is CC/C=C/CC(F)(F)C(F)(F)C(O)C(N)C(=O)O. The number of alkyl halides is 4. The molecule has 0 aromatic carbocycles. The van der Waals surface area contributed by atoms with E-state index in [1.54, 1.807) is 6.92 Å². The molecule has 0 saturated heterocycles. The number of aliphatic hydroxyl groups is 1. The largest absolute Gasteiger partial charge is 0.480 e. The number of allylic oxidation sites excluding steroid dienone is 2. The Bertz CT molecular complexity index is 320. The number of nitrogens with two attached hydrogens (primary N) is 1. The molecule has 0 aromatic rings. The summed E-state index contributed by atoms with van der Waals surface area (Å²) in [4.78, 5) is 10.3. The molecular formula is C10H15F4NO3. The number of carboxylic acids is 1. The fourth-order valence-corrected chi connectivity index (χ4v) is 1.11. The molecule has 0 spiro atoms. The summed E-state index contributed by atoms with van der Waals surface area (Å²) in [7, 11) is 0. The number of aliphatic carboxylic acids is 1. The molecule has 0 rings (SSSR count). The maximum atomic E-state index is 13.3. The summed E-state index contributed by atoms with van der Waals surface area (Å²) in [6, 6.07) is -2.49. The fourth-order valence-electron chi connectivity index (χ4n) is 1.11. The molecule has 8 heteroatoms. The van der Waals surface area contributed by atoms with Gasteiger partial charge in [0.15, 0.2) is 0 Å². The van der Waals surface area contributed by atoms with Crippen molar-refractivity contribution in [2.75, 3.05) is 0 Å². The van der Waals surface area contributed by atoms with Gasteiger partial charge >= 0.3 is 17.8 Å². The molecule has 2 unspecified atom stereocenters. The van der Waals surface area contributed by atoms with Crippen molar-refractivity contribution in [2.24, 2.45) is 5.73 Å². The maximum absolute atomic E-state index is 13.3. The topological polar surface area (TPSA) is 83.5 Å². The number of halogens is 4. The van der Waals surface area contributed by atoms with Crippen LogP contribution in [0, 0.1) is 0 Å². The summed E-state index contributed by atoms with van der Waals surface area (Å²) < 4.78 is 52.9. The highest BCUT2D eigenvalue weighted by Crippen LogP contribution is 2.40. The Balaban J connectivity index is 4.98. The molecule has 0 bridgehead atoms. The van der Waals surface area contributed by atoms with Crippen LogP contribution < -0.4 is 5.73 Å². The molecule has 0 aliphatic carbocycles. The van der Waals surface area contributed by atoms with E-state index >= 15 is 0 Å². The van der Waals surface area contributed by atoms with E-state index in [0.29, 0.717) is 6.42 Å². The van der Waals surface area contributed by atoms with Crippen LogP contribution in [0.4, 0.5) is 17.6 Å². The van der Waals surface area contributed by atoms with Gasteiger partial charge in [-0.3, -0.25) is 4.79 Å². The molecule has 0 amide bonds. The van der Waals surface area contributed by atoms with E-state index in [0.717, 1.165) is 6.08 Å². The van der Waals surface area contributed by atoms with Crippen molar-refractivity contribution in [3.63, 3.8) is 0 Å². The minimum absolute atomic E-state index is 0.388. The van der Waals surface area contributed by atoms with Gasteiger partial charge in [0.1, 0.15) is 12.1 Å². The zero-order valence-corrected chi connectivity index (χ0v) is 9.62. The number of carbonyl (C=O) groups is 1. The summed E-state index contributed by atoms with van der Waals surface area (Å²) >= 11 is 0. The summed E-state index contributed by atoms with van der Waals surface area (Å²) in [5.41, 5.74) is 4.72. The molecule has 0 aliphatic heterocycles. The minimum atomic E-state index is -4.93. The van der Waals surface area contributed by atoms with E-state index in [1.165, 1.54) is 6.08 Å². The van der Waals surface area contributed by atoms with Crippen molar-refractivity contribution in [2.45, 2.75) is 43.8 Å². The standard InChI is InChI=1S/C10H15F4NO3/c1-2-3-4-5-9(11,12)10(13,14)7(16)6(15)8(17)18/h3-4,6-7,16H,2,5,15H2,1H3,(H,17,18)/b4-3+. The highest BCUT2D eigenvalue weighted by Gasteiger charge is 2.62. The summed E-state index contributed by atoms with van der Waals surface area (Å²) in [6.45, 7) is 1.63. The Morgan fingerprint density at radius 3 is 2.22 bits per heavy atom. The van der Waals surface area contributed by atoms with Gasteiger partial charge in [0.05, 0.1) is 0 Å². The lowest BCUT2D eigenvalue weighted by atomic mass is 9.97. The van der Waals surface area contributed by atoms with Gasteiger partial charge in [0, 0.05) is 6.42 Å². The first kappa shape index (κ1) is 16.9. The van der Waals surface area contributed by atoms with Crippen LogP contribution in [0.25, 0.3) is 0 Å². The van der Waals surface area contributed by atoms with Gasteiger partial charge in [-0.25, -0.2) is 0 Å². The molecule has 106 valence electrons. The van der Waals surface area contributed by atoms with E-state index in [9.17, 15) is 22.4 Å².